The lowest BCUT2D eigenvalue weighted by Crippen LogP contribution is -2.32. The van der Waals surface area contributed by atoms with Crippen molar-refractivity contribution in [2.75, 3.05) is 13.7 Å². The summed E-state index contributed by atoms with van der Waals surface area (Å²) in [6.45, 7) is 2.14. The molecule has 0 saturated carbocycles. The SMILES string of the molecule is CCOC(=O)Cc1ccc(CC(N)C(=O)c2sc(Cl)cc2OC)cc1. The molecule has 1 heterocycles. The summed E-state index contributed by atoms with van der Waals surface area (Å²) >= 11 is 7.10. The highest BCUT2D eigenvalue weighted by atomic mass is 35.5. The zero-order chi connectivity index (χ0) is 18.4. The van der Waals surface area contributed by atoms with E-state index in [1.807, 2.05) is 24.3 Å². The van der Waals surface area contributed by atoms with Gasteiger partial charge in [0.1, 0.15) is 10.6 Å². The molecule has 134 valence electrons. The van der Waals surface area contributed by atoms with Crippen molar-refractivity contribution in [3.63, 3.8) is 0 Å². The number of thiophene rings is 1. The molecule has 1 aromatic carbocycles. The summed E-state index contributed by atoms with van der Waals surface area (Å²) in [5.74, 6) is -0.0200. The standard InChI is InChI=1S/C18H20ClNO4S/c1-3-24-16(21)9-12-6-4-11(5-7-12)8-13(20)17(22)18-14(23-2)10-15(19)25-18/h4-7,10,13H,3,8-9,20H2,1-2H3. The summed E-state index contributed by atoms with van der Waals surface area (Å²) in [6, 6.07) is 8.31. The first-order chi connectivity index (χ1) is 11.9. The highest BCUT2D eigenvalue weighted by molar-refractivity contribution is 7.18. The predicted octanol–water partition coefficient (Wildman–Crippen LogP) is 3.27. The Bertz CT molecular complexity index is 742. The zero-order valence-electron chi connectivity index (χ0n) is 14.1. The fraction of sp³-hybridized carbons (Fsp3) is 0.333. The Morgan fingerprint density at radius 1 is 1.24 bits per heavy atom. The van der Waals surface area contributed by atoms with Crippen molar-refractivity contribution in [3.8, 4) is 5.75 Å². The molecule has 7 heteroatoms. The molecule has 0 aliphatic rings. The normalized spacial score (nSPS) is 11.8. The second-order valence-corrected chi connectivity index (χ2v) is 7.10. The molecule has 0 amide bonds. The second-order valence-electron chi connectivity index (χ2n) is 5.42. The zero-order valence-corrected chi connectivity index (χ0v) is 15.7. The number of methoxy groups -OCH3 is 1. The molecule has 2 N–H and O–H groups in total. The van der Waals surface area contributed by atoms with Crippen LogP contribution in [0.25, 0.3) is 0 Å². The molecule has 0 radical (unpaired) electrons. The lowest BCUT2D eigenvalue weighted by atomic mass is 10.0. The first-order valence-electron chi connectivity index (χ1n) is 7.81. The van der Waals surface area contributed by atoms with E-state index in [0.29, 0.717) is 28.0 Å². The molecule has 1 aromatic heterocycles. The smallest absolute Gasteiger partial charge is 0.310 e. The Morgan fingerprint density at radius 2 is 1.88 bits per heavy atom. The molecule has 0 fully saturated rings. The van der Waals surface area contributed by atoms with Gasteiger partial charge >= 0.3 is 5.97 Å². The van der Waals surface area contributed by atoms with Gasteiger partial charge in [-0.3, -0.25) is 9.59 Å². The van der Waals surface area contributed by atoms with Crippen molar-refractivity contribution in [2.45, 2.75) is 25.8 Å². The maximum Gasteiger partial charge on any atom is 0.310 e. The van der Waals surface area contributed by atoms with Gasteiger partial charge in [0.15, 0.2) is 5.78 Å². The van der Waals surface area contributed by atoms with Crippen LogP contribution in [-0.4, -0.2) is 31.5 Å². The Balaban J connectivity index is 2.01. The molecule has 0 aliphatic carbocycles. The van der Waals surface area contributed by atoms with E-state index in [-0.39, 0.29) is 18.2 Å². The van der Waals surface area contributed by atoms with Crippen LogP contribution < -0.4 is 10.5 Å². The third-order valence-electron chi connectivity index (χ3n) is 3.58. The average molecular weight is 382 g/mol. The lowest BCUT2D eigenvalue weighted by Gasteiger charge is -2.11. The number of nitrogens with two attached hydrogens (primary N) is 1. The highest BCUT2D eigenvalue weighted by Gasteiger charge is 2.22. The number of esters is 1. The van der Waals surface area contributed by atoms with E-state index < -0.39 is 6.04 Å². The number of carbonyl (C=O) groups is 2. The van der Waals surface area contributed by atoms with E-state index in [2.05, 4.69) is 0 Å². The maximum absolute atomic E-state index is 12.5. The molecule has 25 heavy (non-hydrogen) atoms. The van der Waals surface area contributed by atoms with Gasteiger partial charge in [-0.05, 0) is 24.5 Å². The summed E-state index contributed by atoms with van der Waals surface area (Å²) in [6.07, 6.45) is 0.612. The van der Waals surface area contributed by atoms with Crippen molar-refractivity contribution in [2.24, 2.45) is 5.73 Å². The van der Waals surface area contributed by atoms with E-state index in [1.165, 1.54) is 7.11 Å². The van der Waals surface area contributed by atoms with Gasteiger partial charge in [0.2, 0.25) is 0 Å². The minimum atomic E-state index is -0.695. The molecule has 0 bridgehead atoms. The Labute approximate surface area is 155 Å². The van der Waals surface area contributed by atoms with Crippen LogP contribution in [0.1, 0.15) is 27.7 Å². The fourth-order valence-electron chi connectivity index (χ4n) is 2.36. The fourth-order valence-corrected chi connectivity index (χ4v) is 3.54. The van der Waals surface area contributed by atoms with Crippen molar-refractivity contribution < 1.29 is 19.1 Å². The lowest BCUT2D eigenvalue weighted by molar-refractivity contribution is -0.142. The molecule has 0 aliphatic heterocycles. The summed E-state index contributed by atoms with van der Waals surface area (Å²) < 4.78 is 10.6. The van der Waals surface area contributed by atoms with E-state index in [9.17, 15) is 9.59 Å². The third kappa shape index (κ3) is 5.29. The van der Waals surface area contributed by atoms with Crippen LogP contribution in [0.3, 0.4) is 0 Å². The number of benzene rings is 1. The molecule has 2 aromatic rings. The largest absolute Gasteiger partial charge is 0.495 e. The van der Waals surface area contributed by atoms with E-state index in [4.69, 9.17) is 26.8 Å². The number of ketones is 1. The average Bonchev–Trinajstić information content (AvgIpc) is 2.97. The van der Waals surface area contributed by atoms with E-state index in [0.717, 1.165) is 22.5 Å². The number of ether oxygens (including phenoxy) is 2. The first-order valence-corrected chi connectivity index (χ1v) is 9.00. The topological polar surface area (TPSA) is 78.6 Å². The van der Waals surface area contributed by atoms with E-state index in [1.54, 1.807) is 13.0 Å². The Hall–Kier alpha value is -1.89. The third-order valence-corrected chi connectivity index (χ3v) is 4.84. The highest BCUT2D eigenvalue weighted by Crippen LogP contribution is 2.33. The predicted molar refractivity (Wildman–Crippen MR) is 98.7 cm³/mol. The van der Waals surface area contributed by atoms with Gasteiger partial charge in [-0.15, -0.1) is 11.3 Å². The Morgan fingerprint density at radius 3 is 2.48 bits per heavy atom. The van der Waals surface area contributed by atoms with Gasteiger partial charge in [-0.1, -0.05) is 35.9 Å². The molecule has 2 rings (SSSR count). The summed E-state index contributed by atoms with van der Waals surface area (Å²) in [7, 11) is 1.49. The van der Waals surface area contributed by atoms with Crippen LogP contribution in [0.5, 0.6) is 5.75 Å². The molecule has 5 nitrogen and oxygen atoms in total. The number of rotatable bonds is 8. The molecule has 0 spiro atoms. The number of hydrogen-bond donors (Lipinski definition) is 1. The number of carbonyl (C=O) groups excluding carboxylic acids is 2. The van der Waals surface area contributed by atoms with Crippen molar-refractivity contribution in [1.29, 1.82) is 0 Å². The number of Topliss-reactive ketones (excluding diaryl/α,β-unsaturated/α-hetero) is 1. The van der Waals surface area contributed by atoms with Crippen LogP contribution in [0.2, 0.25) is 4.34 Å². The van der Waals surface area contributed by atoms with E-state index >= 15 is 0 Å². The van der Waals surface area contributed by atoms with Crippen molar-refractivity contribution >= 4 is 34.7 Å². The molecular formula is C18H20ClNO4S. The van der Waals surface area contributed by atoms with Crippen LogP contribution in [0.15, 0.2) is 30.3 Å². The monoisotopic (exact) mass is 381 g/mol. The van der Waals surface area contributed by atoms with Crippen molar-refractivity contribution in [1.82, 2.24) is 0 Å². The van der Waals surface area contributed by atoms with Gasteiger partial charge in [0.05, 0.1) is 30.5 Å². The summed E-state index contributed by atoms with van der Waals surface area (Å²) in [5, 5.41) is 0. The summed E-state index contributed by atoms with van der Waals surface area (Å²) in [4.78, 5) is 24.4. The van der Waals surface area contributed by atoms with Crippen LogP contribution >= 0.6 is 22.9 Å². The second kappa shape index (κ2) is 8.99. The van der Waals surface area contributed by atoms with Gasteiger partial charge in [-0.25, -0.2) is 0 Å². The van der Waals surface area contributed by atoms with Gasteiger partial charge in [-0.2, -0.15) is 0 Å². The van der Waals surface area contributed by atoms with Crippen molar-refractivity contribution in [3.05, 3.63) is 50.7 Å². The Kier molecular flexibility index (Phi) is 6.99. The van der Waals surface area contributed by atoms with Gasteiger partial charge in [0, 0.05) is 6.07 Å². The molecule has 1 atom stereocenters. The van der Waals surface area contributed by atoms with Gasteiger partial charge < -0.3 is 15.2 Å². The quantitative estimate of drug-likeness (QED) is 0.560. The number of hydrogen-bond acceptors (Lipinski definition) is 6. The van der Waals surface area contributed by atoms with Crippen LogP contribution in [0, 0.1) is 0 Å². The van der Waals surface area contributed by atoms with Crippen LogP contribution in [-0.2, 0) is 22.4 Å². The first kappa shape index (κ1) is 19.4. The maximum atomic E-state index is 12.5. The van der Waals surface area contributed by atoms with Crippen LogP contribution in [0.4, 0.5) is 0 Å². The summed E-state index contributed by atoms with van der Waals surface area (Å²) in [5.41, 5.74) is 7.82. The molecule has 0 saturated heterocycles. The van der Waals surface area contributed by atoms with Gasteiger partial charge in [0.25, 0.3) is 0 Å². The molecule has 1 unspecified atom stereocenters. The number of halogens is 1. The minimum Gasteiger partial charge on any atom is -0.495 e. The minimum absolute atomic E-state index is 0.204. The molecular weight excluding hydrogens is 362 g/mol.